The van der Waals surface area contributed by atoms with Gasteiger partial charge in [0.15, 0.2) is 0 Å². The molecule has 0 radical (unpaired) electrons. The SMILES string of the molecule is CC/C=C\C/C=C\C/C=C\C/C=C\C/C=C\CCCCCCCC(=O)OC(CO)COCCCCCCCCCC/C=C\C/C=C\C/C=C\CC. The first-order valence-electron chi connectivity index (χ1n) is 20.8. The predicted octanol–water partition coefficient (Wildman–Crippen LogP) is 13.8. The second-order valence-corrected chi connectivity index (χ2v) is 13.3. The molecule has 1 atom stereocenters. The fraction of sp³-hybridized carbons (Fsp3) is 0.638. The molecular weight excluding hydrogens is 629 g/mol. The molecule has 4 nitrogen and oxygen atoms in total. The molecule has 0 rings (SSSR count). The maximum Gasteiger partial charge on any atom is 0.306 e. The van der Waals surface area contributed by atoms with E-state index in [-0.39, 0.29) is 19.2 Å². The molecule has 0 aromatic rings. The molecule has 0 amide bonds. The average molecular weight is 707 g/mol. The number of ether oxygens (including phenoxy) is 2. The van der Waals surface area contributed by atoms with Gasteiger partial charge in [0, 0.05) is 13.0 Å². The van der Waals surface area contributed by atoms with E-state index in [9.17, 15) is 9.90 Å². The van der Waals surface area contributed by atoms with Crippen LogP contribution >= 0.6 is 0 Å². The largest absolute Gasteiger partial charge is 0.457 e. The first-order valence-corrected chi connectivity index (χ1v) is 20.8. The van der Waals surface area contributed by atoms with Crippen molar-refractivity contribution in [2.75, 3.05) is 19.8 Å². The summed E-state index contributed by atoms with van der Waals surface area (Å²) in [5.41, 5.74) is 0. The van der Waals surface area contributed by atoms with Crippen molar-refractivity contribution in [2.24, 2.45) is 0 Å². The number of rotatable bonds is 37. The van der Waals surface area contributed by atoms with Crippen LogP contribution in [0.3, 0.4) is 0 Å². The van der Waals surface area contributed by atoms with E-state index >= 15 is 0 Å². The quantitative estimate of drug-likeness (QED) is 0.0397. The Balaban J connectivity index is 3.54. The lowest BCUT2D eigenvalue weighted by atomic mass is 10.1. The van der Waals surface area contributed by atoms with Gasteiger partial charge in [0.1, 0.15) is 6.10 Å². The van der Waals surface area contributed by atoms with E-state index in [1.165, 1.54) is 57.8 Å². The summed E-state index contributed by atoms with van der Waals surface area (Å²) in [5, 5.41) is 9.60. The van der Waals surface area contributed by atoms with E-state index in [4.69, 9.17) is 9.47 Å². The lowest BCUT2D eigenvalue weighted by molar-refractivity contribution is -0.154. The highest BCUT2D eigenvalue weighted by Gasteiger charge is 2.13. The van der Waals surface area contributed by atoms with Crippen molar-refractivity contribution in [3.05, 3.63) is 97.2 Å². The molecule has 0 saturated heterocycles. The first kappa shape index (κ1) is 48.3. The Morgan fingerprint density at radius 3 is 1.24 bits per heavy atom. The van der Waals surface area contributed by atoms with Crippen molar-refractivity contribution in [3.63, 3.8) is 0 Å². The fourth-order valence-electron chi connectivity index (χ4n) is 5.37. The lowest BCUT2D eigenvalue weighted by Crippen LogP contribution is -2.27. The van der Waals surface area contributed by atoms with Gasteiger partial charge in [-0.3, -0.25) is 4.79 Å². The van der Waals surface area contributed by atoms with Gasteiger partial charge in [-0.15, -0.1) is 0 Å². The molecule has 0 aliphatic carbocycles. The third kappa shape index (κ3) is 41.6. The number of hydrogen-bond acceptors (Lipinski definition) is 4. The summed E-state index contributed by atoms with van der Waals surface area (Å²) in [7, 11) is 0. The molecule has 0 aliphatic rings. The number of hydrogen-bond donors (Lipinski definition) is 1. The Labute approximate surface area is 315 Å². The van der Waals surface area contributed by atoms with Gasteiger partial charge in [0.2, 0.25) is 0 Å². The summed E-state index contributed by atoms with van der Waals surface area (Å²) in [6.45, 7) is 5.07. The van der Waals surface area contributed by atoms with Crippen LogP contribution in [0, 0.1) is 0 Å². The van der Waals surface area contributed by atoms with Crippen LogP contribution in [0.5, 0.6) is 0 Å². The number of aliphatic hydroxyl groups is 1. The van der Waals surface area contributed by atoms with Gasteiger partial charge < -0.3 is 14.6 Å². The summed E-state index contributed by atoms with van der Waals surface area (Å²) in [6, 6.07) is 0. The highest BCUT2D eigenvalue weighted by molar-refractivity contribution is 5.69. The minimum atomic E-state index is -0.555. The molecule has 0 heterocycles. The van der Waals surface area contributed by atoms with Crippen LogP contribution in [0.4, 0.5) is 0 Å². The van der Waals surface area contributed by atoms with Gasteiger partial charge in [-0.1, -0.05) is 169 Å². The Bertz CT molecular complexity index is 965. The van der Waals surface area contributed by atoms with E-state index in [2.05, 4.69) is 111 Å². The first-order chi connectivity index (χ1) is 25.2. The van der Waals surface area contributed by atoms with Gasteiger partial charge >= 0.3 is 5.97 Å². The number of carbonyl (C=O) groups is 1. The predicted molar refractivity (Wildman–Crippen MR) is 223 cm³/mol. The van der Waals surface area contributed by atoms with E-state index in [1.54, 1.807) is 0 Å². The lowest BCUT2D eigenvalue weighted by Gasteiger charge is -2.15. The van der Waals surface area contributed by atoms with Crippen LogP contribution in [-0.4, -0.2) is 37.0 Å². The molecule has 0 saturated carbocycles. The molecule has 51 heavy (non-hydrogen) atoms. The second-order valence-electron chi connectivity index (χ2n) is 13.3. The molecule has 1 N–H and O–H groups in total. The molecule has 0 fully saturated rings. The molecule has 0 bridgehead atoms. The highest BCUT2D eigenvalue weighted by Crippen LogP contribution is 2.12. The molecule has 0 spiro atoms. The maximum atomic E-state index is 12.2. The minimum Gasteiger partial charge on any atom is -0.457 e. The van der Waals surface area contributed by atoms with Crippen molar-refractivity contribution < 1.29 is 19.4 Å². The number of allylic oxidation sites excluding steroid dienone is 16. The van der Waals surface area contributed by atoms with Crippen LogP contribution in [0.1, 0.15) is 168 Å². The molecule has 0 aromatic heterocycles. The van der Waals surface area contributed by atoms with Crippen LogP contribution < -0.4 is 0 Å². The van der Waals surface area contributed by atoms with Gasteiger partial charge in [-0.05, 0) is 89.9 Å². The van der Waals surface area contributed by atoms with Crippen molar-refractivity contribution in [1.29, 1.82) is 0 Å². The van der Waals surface area contributed by atoms with Crippen molar-refractivity contribution >= 4 is 5.97 Å². The Morgan fingerprint density at radius 2 is 0.824 bits per heavy atom. The van der Waals surface area contributed by atoms with Crippen LogP contribution in [0.2, 0.25) is 0 Å². The molecule has 0 aliphatic heterocycles. The summed E-state index contributed by atoms with van der Waals surface area (Å²) in [6.07, 6.45) is 61.7. The highest BCUT2D eigenvalue weighted by atomic mass is 16.6. The third-order valence-corrected chi connectivity index (χ3v) is 8.40. The Hall–Kier alpha value is -2.69. The van der Waals surface area contributed by atoms with Crippen LogP contribution in [-0.2, 0) is 14.3 Å². The number of unbranched alkanes of at least 4 members (excludes halogenated alkanes) is 13. The maximum absolute atomic E-state index is 12.2. The topological polar surface area (TPSA) is 55.8 Å². The minimum absolute atomic E-state index is 0.189. The molecule has 4 heteroatoms. The number of carbonyl (C=O) groups excluding carboxylic acids is 1. The molecule has 290 valence electrons. The van der Waals surface area contributed by atoms with E-state index in [0.29, 0.717) is 13.0 Å². The summed E-state index contributed by atoms with van der Waals surface area (Å²) in [5.74, 6) is -0.226. The van der Waals surface area contributed by atoms with Crippen molar-refractivity contribution in [3.8, 4) is 0 Å². The van der Waals surface area contributed by atoms with Crippen molar-refractivity contribution in [1.82, 2.24) is 0 Å². The number of esters is 1. The zero-order valence-corrected chi connectivity index (χ0v) is 33.1. The van der Waals surface area contributed by atoms with E-state index in [0.717, 1.165) is 89.9 Å². The van der Waals surface area contributed by atoms with Gasteiger partial charge in [-0.2, -0.15) is 0 Å². The Morgan fingerprint density at radius 1 is 0.471 bits per heavy atom. The van der Waals surface area contributed by atoms with Gasteiger partial charge in [-0.25, -0.2) is 0 Å². The normalized spacial score (nSPS) is 13.4. The van der Waals surface area contributed by atoms with E-state index < -0.39 is 6.10 Å². The van der Waals surface area contributed by atoms with Crippen LogP contribution in [0.15, 0.2) is 97.2 Å². The summed E-state index contributed by atoms with van der Waals surface area (Å²) >= 11 is 0. The standard InChI is InChI=1S/C47H78O4/c1-3-5-7-9-11-13-15-17-19-21-23-24-25-26-28-30-32-34-36-38-40-42-47(49)51-46(44-48)45-50-43-41-39-37-35-33-31-29-27-22-20-18-16-14-12-10-8-6-4-2/h5-8,11-14,17-20,23-24,26,28,46,48H,3-4,9-10,15-16,21-22,25,27,29-45H2,1-2H3/b7-5-,8-6-,13-11-,14-12-,19-17-,20-18-,24-23-,28-26-. The second kappa shape index (κ2) is 43.5. The summed E-state index contributed by atoms with van der Waals surface area (Å²) in [4.78, 5) is 12.2. The third-order valence-electron chi connectivity index (χ3n) is 8.40. The van der Waals surface area contributed by atoms with Crippen LogP contribution in [0.25, 0.3) is 0 Å². The molecule has 1 unspecified atom stereocenters. The monoisotopic (exact) mass is 707 g/mol. The van der Waals surface area contributed by atoms with Gasteiger partial charge in [0.25, 0.3) is 0 Å². The number of aliphatic hydroxyl groups excluding tert-OH is 1. The molecular formula is C47H78O4. The van der Waals surface area contributed by atoms with Gasteiger partial charge in [0.05, 0.1) is 13.2 Å². The Kier molecular flexibility index (Phi) is 41.2. The zero-order chi connectivity index (χ0) is 37.0. The average Bonchev–Trinajstić information content (AvgIpc) is 3.14. The smallest absolute Gasteiger partial charge is 0.306 e. The molecule has 0 aromatic carbocycles. The zero-order valence-electron chi connectivity index (χ0n) is 33.1. The van der Waals surface area contributed by atoms with E-state index in [1.807, 2.05) is 0 Å². The van der Waals surface area contributed by atoms with Crippen molar-refractivity contribution in [2.45, 2.75) is 174 Å². The summed E-state index contributed by atoms with van der Waals surface area (Å²) < 4.78 is 11.1. The fourth-order valence-corrected chi connectivity index (χ4v) is 5.37.